The molecule has 0 heterocycles. The van der Waals surface area contributed by atoms with Gasteiger partial charge in [-0.25, -0.2) is 4.79 Å². The minimum absolute atomic E-state index is 0.0281. The number of esters is 2. The zero-order chi connectivity index (χ0) is 27.7. The van der Waals surface area contributed by atoms with Crippen LogP contribution in [0, 0.1) is 10.8 Å². The third kappa shape index (κ3) is 12.5. The van der Waals surface area contributed by atoms with Crippen molar-refractivity contribution >= 4 is 24.1 Å². The minimum Gasteiger partial charge on any atom is -0.480 e. The van der Waals surface area contributed by atoms with Crippen LogP contribution in [0.25, 0.3) is 0 Å². The molecular weight excluding hydrogens is 470 g/mol. The average Bonchev–Trinajstić information content (AvgIpc) is 2.69. The number of carbonyl (C=O) groups excluding carboxylic acids is 3. The molecule has 0 bridgehead atoms. The van der Waals surface area contributed by atoms with Crippen LogP contribution in [0.1, 0.15) is 66.9 Å². The standard InChI is InChI=1S/C26H39NO9/c1-16(34-24(32)33-8)15-27-18(23(30)31)11-17-9-10-19(35-21(28)13-25(2,3)4)20(12-17)36-22(29)14-26(5,6)7/h9-10,12,16,18,27H,11,13-15H2,1-8H3,(H,30,31)/t16?,18-/m0/s1. The Hall–Kier alpha value is -3.14. The molecule has 0 spiro atoms. The van der Waals surface area contributed by atoms with E-state index in [0.29, 0.717) is 5.56 Å². The molecule has 0 saturated carbocycles. The van der Waals surface area contributed by atoms with Gasteiger partial charge < -0.3 is 29.4 Å². The van der Waals surface area contributed by atoms with Crippen molar-refractivity contribution in [3.8, 4) is 11.5 Å². The summed E-state index contributed by atoms with van der Waals surface area (Å²) in [4.78, 5) is 47.9. The van der Waals surface area contributed by atoms with Crippen LogP contribution in [0.15, 0.2) is 18.2 Å². The highest BCUT2D eigenvalue weighted by Gasteiger charge is 2.24. The van der Waals surface area contributed by atoms with Gasteiger partial charge in [0.25, 0.3) is 0 Å². The second-order valence-corrected chi connectivity index (χ2v) is 11.1. The van der Waals surface area contributed by atoms with E-state index in [2.05, 4.69) is 10.1 Å². The molecule has 0 fully saturated rings. The van der Waals surface area contributed by atoms with Crippen LogP contribution in [-0.4, -0.2) is 55.0 Å². The van der Waals surface area contributed by atoms with Crippen LogP contribution in [-0.2, 0) is 30.3 Å². The van der Waals surface area contributed by atoms with E-state index in [0.717, 1.165) is 0 Å². The normalized spacial score (nSPS) is 13.3. The Kier molecular flexibility index (Phi) is 11.4. The van der Waals surface area contributed by atoms with Crippen molar-refractivity contribution in [2.45, 2.75) is 79.9 Å². The van der Waals surface area contributed by atoms with Crippen LogP contribution in [0.5, 0.6) is 11.5 Å². The van der Waals surface area contributed by atoms with Crippen molar-refractivity contribution in [3.63, 3.8) is 0 Å². The Bertz CT molecular complexity index is 928. The number of carboxylic acid groups (broad SMARTS) is 1. The summed E-state index contributed by atoms with van der Waals surface area (Å²) >= 11 is 0. The first kappa shape index (κ1) is 30.9. The zero-order valence-corrected chi connectivity index (χ0v) is 22.4. The number of benzene rings is 1. The number of rotatable bonds is 11. The first-order valence-electron chi connectivity index (χ1n) is 11.7. The van der Waals surface area contributed by atoms with Gasteiger partial charge in [-0.1, -0.05) is 47.6 Å². The molecule has 0 aliphatic carbocycles. The predicted octanol–water partition coefficient (Wildman–Crippen LogP) is 4.13. The average molecular weight is 510 g/mol. The highest BCUT2D eigenvalue weighted by atomic mass is 16.7. The van der Waals surface area contributed by atoms with Crippen molar-refractivity contribution in [2.75, 3.05) is 13.7 Å². The van der Waals surface area contributed by atoms with Crippen molar-refractivity contribution in [1.82, 2.24) is 5.32 Å². The maximum atomic E-state index is 12.5. The summed E-state index contributed by atoms with van der Waals surface area (Å²) in [6, 6.07) is 3.55. The topological polar surface area (TPSA) is 137 Å². The number of hydrogen-bond acceptors (Lipinski definition) is 9. The Morgan fingerprint density at radius 1 is 0.917 bits per heavy atom. The van der Waals surface area contributed by atoms with E-state index in [1.807, 2.05) is 41.5 Å². The van der Waals surface area contributed by atoms with E-state index in [4.69, 9.17) is 14.2 Å². The third-order valence-electron chi connectivity index (χ3n) is 4.66. The van der Waals surface area contributed by atoms with E-state index >= 15 is 0 Å². The summed E-state index contributed by atoms with van der Waals surface area (Å²) in [6.07, 6.45) is -1.18. The number of aliphatic carboxylic acids is 1. The maximum absolute atomic E-state index is 12.5. The first-order valence-corrected chi connectivity index (χ1v) is 11.7. The quantitative estimate of drug-likeness (QED) is 0.331. The van der Waals surface area contributed by atoms with Gasteiger partial charge in [-0.2, -0.15) is 0 Å². The minimum atomic E-state index is -1.12. The number of nitrogens with one attached hydrogen (secondary N) is 1. The molecule has 0 amide bonds. The molecule has 2 atom stereocenters. The lowest BCUT2D eigenvalue weighted by atomic mass is 9.92. The van der Waals surface area contributed by atoms with E-state index in [1.165, 1.54) is 19.2 Å². The fraction of sp³-hybridized carbons (Fsp3) is 0.615. The molecule has 10 nitrogen and oxygen atoms in total. The van der Waals surface area contributed by atoms with Gasteiger partial charge in [-0.3, -0.25) is 14.4 Å². The molecule has 0 radical (unpaired) electrons. The van der Waals surface area contributed by atoms with E-state index in [1.54, 1.807) is 13.0 Å². The molecule has 1 unspecified atom stereocenters. The summed E-state index contributed by atoms with van der Waals surface area (Å²) in [7, 11) is 1.18. The number of carboxylic acids is 1. The summed E-state index contributed by atoms with van der Waals surface area (Å²) in [6.45, 7) is 13.0. The van der Waals surface area contributed by atoms with Crippen LogP contribution >= 0.6 is 0 Å². The highest BCUT2D eigenvalue weighted by molar-refractivity contribution is 5.77. The molecule has 36 heavy (non-hydrogen) atoms. The second kappa shape index (κ2) is 13.2. The highest BCUT2D eigenvalue weighted by Crippen LogP contribution is 2.32. The number of methoxy groups -OCH3 is 1. The van der Waals surface area contributed by atoms with Crippen molar-refractivity contribution < 1.29 is 43.2 Å². The molecule has 0 aromatic heterocycles. The number of hydrogen-bond donors (Lipinski definition) is 2. The molecule has 2 N–H and O–H groups in total. The Morgan fingerprint density at radius 3 is 1.92 bits per heavy atom. The lowest BCUT2D eigenvalue weighted by molar-refractivity contribution is -0.139. The second-order valence-electron chi connectivity index (χ2n) is 11.1. The molecule has 1 aromatic rings. The fourth-order valence-electron chi connectivity index (χ4n) is 3.07. The predicted molar refractivity (Wildman–Crippen MR) is 132 cm³/mol. The van der Waals surface area contributed by atoms with Gasteiger partial charge in [-0.05, 0) is 41.9 Å². The van der Waals surface area contributed by atoms with Gasteiger partial charge in [0.2, 0.25) is 0 Å². The largest absolute Gasteiger partial charge is 0.508 e. The summed E-state index contributed by atoms with van der Waals surface area (Å²) in [5.74, 6) is -1.99. The van der Waals surface area contributed by atoms with E-state index in [-0.39, 0.29) is 48.1 Å². The van der Waals surface area contributed by atoms with Gasteiger partial charge in [0.05, 0.1) is 20.0 Å². The Balaban J connectivity index is 3.10. The van der Waals surface area contributed by atoms with Crippen LogP contribution in [0.4, 0.5) is 4.79 Å². The van der Waals surface area contributed by atoms with Crippen LogP contribution in [0.2, 0.25) is 0 Å². The van der Waals surface area contributed by atoms with Crippen molar-refractivity contribution in [3.05, 3.63) is 23.8 Å². The number of carbonyl (C=O) groups is 4. The smallest absolute Gasteiger partial charge is 0.480 e. The maximum Gasteiger partial charge on any atom is 0.508 e. The van der Waals surface area contributed by atoms with Crippen molar-refractivity contribution in [1.29, 1.82) is 0 Å². The monoisotopic (exact) mass is 509 g/mol. The Morgan fingerprint density at radius 2 is 1.44 bits per heavy atom. The molecule has 0 aliphatic rings. The molecule has 1 rings (SSSR count). The third-order valence-corrected chi connectivity index (χ3v) is 4.66. The van der Waals surface area contributed by atoms with Gasteiger partial charge in [0.15, 0.2) is 11.5 Å². The van der Waals surface area contributed by atoms with Gasteiger partial charge >= 0.3 is 24.1 Å². The zero-order valence-electron chi connectivity index (χ0n) is 22.4. The molecular formula is C26H39NO9. The molecule has 10 heteroatoms. The van der Waals surface area contributed by atoms with Crippen LogP contribution < -0.4 is 14.8 Å². The van der Waals surface area contributed by atoms with E-state index < -0.39 is 36.2 Å². The first-order chi connectivity index (χ1) is 16.5. The molecule has 0 aliphatic heterocycles. The Labute approximate surface area is 212 Å². The molecule has 202 valence electrons. The summed E-state index contributed by atoms with van der Waals surface area (Å²) in [5.41, 5.74) is -0.0838. The lowest BCUT2D eigenvalue weighted by Crippen LogP contribution is -2.42. The summed E-state index contributed by atoms with van der Waals surface area (Å²) < 4.78 is 20.4. The van der Waals surface area contributed by atoms with Crippen molar-refractivity contribution in [2.24, 2.45) is 10.8 Å². The number of ether oxygens (including phenoxy) is 4. The van der Waals surface area contributed by atoms with E-state index in [9.17, 15) is 24.3 Å². The summed E-state index contributed by atoms with van der Waals surface area (Å²) in [5, 5.41) is 12.5. The van der Waals surface area contributed by atoms with Gasteiger partial charge in [0, 0.05) is 6.54 Å². The lowest BCUT2D eigenvalue weighted by Gasteiger charge is -2.20. The van der Waals surface area contributed by atoms with Gasteiger partial charge in [0.1, 0.15) is 12.1 Å². The van der Waals surface area contributed by atoms with Gasteiger partial charge in [-0.15, -0.1) is 0 Å². The molecule has 0 saturated heterocycles. The SMILES string of the molecule is COC(=O)OC(C)CN[C@@H](Cc1ccc(OC(=O)CC(C)(C)C)c(OC(=O)CC(C)(C)C)c1)C(=O)O. The fourth-order valence-corrected chi connectivity index (χ4v) is 3.07. The molecule has 1 aromatic carbocycles. The van der Waals surface area contributed by atoms with Crippen LogP contribution in [0.3, 0.4) is 0 Å².